The summed E-state index contributed by atoms with van der Waals surface area (Å²) < 4.78 is 79.7. The summed E-state index contributed by atoms with van der Waals surface area (Å²) in [5.41, 5.74) is -2.87. The Hall–Kier alpha value is -2.54. The predicted octanol–water partition coefficient (Wildman–Crippen LogP) is 6.13. The number of anilines is 1. The molecule has 0 atom stereocenters. The number of thioether (sulfide) groups is 1. The zero-order valence-corrected chi connectivity index (χ0v) is 19.9. The molecule has 3 aromatic rings. The number of carbonyl (C=O) groups is 1. The first kappa shape index (κ1) is 25.5. The van der Waals surface area contributed by atoms with Gasteiger partial charge in [0.15, 0.2) is 5.16 Å². The third-order valence-corrected chi connectivity index (χ3v) is 7.72. The van der Waals surface area contributed by atoms with Crippen LogP contribution >= 0.6 is 23.1 Å². The van der Waals surface area contributed by atoms with Gasteiger partial charge < -0.3 is 5.32 Å². The number of amides is 1. The SMILES string of the molecule is CCn1c(SCC(=O)Nc2cc(C(F)(F)F)cc(C(F)(F)F)c2)nc2sc3c(c2c1=O)CCCC3. The zero-order chi connectivity index (χ0) is 25.5. The molecule has 5 nitrogen and oxygen atoms in total. The highest BCUT2D eigenvalue weighted by atomic mass is 32.2. The number of aromatic nitrogens is 2. The van der Waals surface area contributed by atoms with E-state index < -0.39 is 35.1 Å². The summed E-state index contributed by atoms with van der Waals surface area (Å²) in [6.45, 7) is 2.04. The Balaban J connectivity index is 1.57. The molecule has 2 heterocycles. The smallest absolute Gasteiger partial charge is 0.325 e. The summed E-state index contributed by atoms with van der Waals surface area (Å²) in [5.74, 6) is -1.19. The van der Waals surface area contributed by atoms with Gasteiger partial charge in [-0.1, -0.05) is 11.8 Å². The Kier molecular flexibility index (Phi) is 6.93. The second kappa shape index (κ2) is 9.49. The van der Waals surface area contributed by atoms with Crippen molar-refractivity contribution in [1.29, 1.82) is 0 Å². The van der Waals surface area contributed by atoms with Crippen molar-refractivity contribution in [2.45, 2.75) is 56.7 Å². The summed E-state index contributed by atoms with van der Waals surface area (Å²) in [4.78, 5) is 31.8. The summed E-state index contributed by atoms with van der Waals surface area (Å²) in [5, 5.41) is 2.94. The Bertz CT molecular complexity index is 1310. The highest BCUT2D eigenvalue weighted by molar-refractivity contribution is 7.99. The van der Waals surface area contributed by atoms with Gasteiger partial charge in [0.05, 0.1) is 22.3 Å². The van der Waals surface area contributed by atoms with Crippen molar-refractivity contribution in [1.82, 2.24) is 9.55 Å². The van der Waals surface area contributed by atoms with Gasteiger partial charge in [-0.3, -0.25) is 14.2 Å². The van der Waals surface area contributed by atoms with Gasteiger partial charge in [-0.2, -0.15) is 26.3 Å². The number of carbonyl (C=O) groups excluding carboxylic acids is 1. The quantitative estimate of drug-likeness (QED) is 0.243. The topological polar surface area (TPSA) is 64.0 Å². The number of thiophene rings is 1. The molecular formula is C22H19F6N3O2S2. The Morgan fingerprint density at radius 3 is 2.31 bits per heavy atom. The fourth-order valence-electron chi connectivity index (χ4n) is 3.96. The molecule has 2 aromatic heterocycles. The highest BCUT2D eigenvalue weighted by Gasteiger charge is 2.37. The maximum absolute atomic E-state index is 13.1. The number of benzene rings is 1. The summed E-state index contributed by atoms with van der Waals surface area (Å²) >= 11 is 2.34. The van der Waals surface area contributed by atoms with Crippen molar-refractivity contribution in [3.63, 3.8) is 0 Å². The molecule has 0 bridgehead atoms. The maximum atomic E-state index is 13.1. The van der Waals surface area contributed by atoms with Crippen molar-refractivity contribution in [3.8, 4) is 0 Å². The summed E-state index contributed by atoms with van der Waals surface area (Å²) in [7, 11) is 0. The largest absolute Gasteiger partial charge is 0.416 e. The van der Waals surface area contributed by atoms with Crippen LogP contribution in [0, 0.1) is 0 Å². The van der Waals surface area contributed by atoms with E-state index in [1.165, 1.54) is 15.9 Å². The predicted molar refractivity (Wildman–Crippen MR) is 122 cm³/mol. The van der Waals surface area contributed by atoms with Gasteiger partial charge in [0.25, 0.3) is 5.56 Å². The van der Waals surface area contributed by atoms with Gasteiger partial charge in [0, 0.05) is 17.1 Å². The number of halogens is 6. The minimum atomic E-state index is -5.02. The van der Waals surface area contributed by atoms with E-state index in [9.17, 15) is 35.9 Å². The lowest BCUT2D eigenvalue weighted by atomic mass is 9.97. The van der Waals surface area contributed by atoms with E-state index in [-0.39, 0.29) is 22.5 Å². The number of rotatable bonds is 5. The van der Waals surface area contributed by atoms with Crippen LogP contribution in [0.15, 0.2) is 28.2 Å². The molecule has 0 saturated carbocycles. The van der Waals surface area contributed by atoms with E-state index in [2.05, 4.69) is 10.3 Å². The average molecular weight is 536 g/mol. The molecule has 0 saturated heterocycles. The first-order chi connectivity index (χ1) is 16.4. The van der Waals surface area contributed by atoms with E-state index in [0.717, 1.165) is 47.9 Å². The number of nitrogens with one attached hydrogen (secondary N) is 1. The molecule has 1 aromatic carbocycles. The molecule has 1 aliphatic carbocycles. The van der Waals surface area contributed by atoms with E-state index in [4.69, 9.17) is 0 Å². The molecule has 13 heteroatoms. The van der Waals surface area contributed by atoms with Gasteiger partial charge in [-0.15, -0.1) is 11.3 Å². The molecule has 1 aliphatic rings. The standard InChI is InChI=1S/C22H19F6N3O2S2/c1-2-31-19(33)17-14-5-3-4-6-15(14)35-18(17)30-20(31)34-10-16(32)29-13-8-11(21(23,24)25)7-12(9-13)22(26,27)28/h7-9H,2-6,10H2,1H3,(H,29,32). The number of fused-ring (bicyclic) bond motifs is 3. The van der Waals surface area contributed by atoms with Crippen molar-refractivity contribution in [2.75, 3.05) is 11.1 Å². The Morgan fingerprint density at radius 2 is 1.71 bits per heavy atom. The third kappa shape index (κ3) is 5.35. The average Bonchev–Trinajstić information content (AvgIpc) is 3.15. The summed E-state index contributed by atoms with van der Waals surface area (Å²) in [6, 6.07) is 0.880. The van der Waals surface area contributed by atoms with Crippen LogP contribution in [0.1, 0.15) is 41.3 Å². The van der Waals surface area contributed by atoms with Crippen LogP contribution < -0.4 is 10.9 Å². The second-order valence-corrected chi connectivity index (χ2v) is 9.99. The maximum Gasteiger partial charge on any atom is 0.416 e. The van der Waals surface area contributed by atoms with Crippen LogP contribution in [0.3, 0.4) is 0 Å². The van der Waals surface area contributed by atoms with E-state index in [1.54, 1.807) is 6.92 Å². The normalized spacial score (nSPS) is 14.3. The highest BCUT2D eigenvalue weighted by Crippen LogP contribution is 2.38. The molecule has 0 fully saturated rings. The fourth-order valence-corrected chi connectivity index (χ4v) is 6.13. The van der Waals surface area contributed by atoms with Crippen LogP contribution in [-0.4, -0.2) is 21.2 Å². The van der Waals surface area contributed by atoms with Crippen LogP contribution in [-0.2, 0) is 36.5 Å². The molecule has 4 rings (SSSR count). The molecule has 35 heavy (non-hydrogen) atoms. The van der Waals surface area contributed by atoms with Gasteiger partial charge in [-0.05, 0) is 56.4 Å². The van der Waals surface area contributed by atoms with Crippen molar-refractivity contribution in [2.24, 2.45) is 0 Å². The molecule has 0 unspecified atom stereocenters. The number of nitrogens with zero attached hydrogens (tertiary/aromatic N) is 2. The molecule has 0 radical (unpaired) electrons. The van der Waals surface area contributed by atoms with Crippen molar-refractivity contribution >= 4 is 44.9 Å². The number of alkyl halides is 6. The van der Waals surface area contributed by atoms with Gasteiger partial charge in [-0.25, -0.2) is 4.98 Å². The van der Waals surface area contributed by atoms with Gasteiger partial charge in [0.1, 0.15) is 4.83 Å². The molecule has 0 aliphatic heterocycles. The first-order valence-electron chi connectivity index (χ1n) is 10.7. The van der Waals surface area contributed by atoms with Gasteiger partial charge in [0.2, 0.25) is 5.91 Å². The van der Waals surface area contributed by atoms with Gasteiger partial charge >= 0.3 is 12.4 Å². The Labute approximate surface area is 203 Å². The van der Waals surface area contributed by atoms with E-state index in [1.807, 2.05) is 0 Å². The first-order valence-corrected chi connectivity index (χ1v) is 12.5. The van der Waals surface area contributed by atoms with Crippen LogP contribution in [0.25, 0.3) is 10.2 Å². The third-order valence-electron chi connectivity index (χ3n) is 5.56. The lowest BCUT2D eigenvalue weighted by Crippen LogP contribution is -2.24. The minimum absolute atomic E-state index is 0.00981. The summed E-state index contributed by atoms with van der Waals surface area (Å²) in [6.07, 6.45) is -6.33. The lowest BCUT2D eigenvalue weighted by molar-refractivity contribution is -0.143. The minimum Gasteiger partial charge on any atom is -0.325 e. The number of hydrogen-bond acceptors (Lipinski definition) is 5. The van der Waals surface area contributed by atoms with Crippen molar-refractivity contribution < 1.29 is 31.1 Å². The molecule has 188 valence electrons. The Morgan fingerprint density at radius 1 is 1.09 bits per heavy atom. The lowest BCUT2D eigenvalue weighted by Gasteiger charge is -2.15. The van der Waals surface area contributed by atoms with Crippen LogP contribution in [0.4, 0.5) is 32.0 Å². The van der Waals surface area contributed by atoms with Crippen molar-refractivity contribution in [3.05, 3.63) is 50.1 Å². The molecule has 1 N–H and O–H groups in total. The van der Waals surface area contributed by atoms with E-state index in [0.29, 0.717) is 28.9 Å². The van der Waals surface area contributed by atoms with E-state index >= 15 is 0 Å². The zero-order valence-electron chi connectivity index (χ0n) is 18.3. The van der Waals surface area contributed by atoms with Crippen LogP contribution in [0.2, 0.25) is 0 Å². The number of hydrogen-bond donors (Lipinski definition) is 1. The second-order valence-electron chi connectivity index (χ2n) is 7.97. The van der Waals surface area contributed by atoms with Crippen LogP contribution in [0.5, 0.6) is 0 Å². The monoisotopic (exact) mass is 535 g/mol. The fraction of sp³-hybridized carbons (Fsp3) is 0.409. The molecule has 0 spiro atoms. The molecular weight excluding hydrogens is 516 g/mol. The molecule has 1 amide bonds. The number of aryl methyl sites for hydroxylation is 2.